The van der Waals surface area contributed by atoms with E-state index in [0.717, 1.165) is 12.1 Å². The van der Waals surface area contributed by atoms with Crippen LogP contribution in [0.1, 0.15) is 28.4 Å². The molecule has 0 radical (unpaired) electrons. The molecule has 6 nitrogen and oxygen atoms in total. The number of nitrogens with two attached hydrogens (primary N) is 1. The van der Waals surface area contributed by atoms with Crippen LogP contribution in [-0.2, 0) is 4.79 Å². The molecule has 3 aromatic rings. The summed E-state index contributed by atoms with van der Waals surface area (Å²) in [5.74, 6) is -2.62. The van der Waals surface area contributed by atoms with Crippen molar-refractivity contribution in [2.24, 2.45) is 5.73 Å². The topological polar surface area (TPSA) is 101 Å². The fourth-order valence-corrected chi connectivity index (χ4v) is 3.12. The molecular formula is C19H14Cl2F2N4O2. The van der Waals surface area contributed by atoms with Crippen LogP contribution in [0.2, 0.25) is 10.0 Å². The van der Waals surface area contributed by atoms with Gasteiger partial charge >= 0.3 is 0 Å². The normalized spacial score (nSPS) is 11.9. The average Bonchev–Trinajstić information content (AvgIpc) is 3.12. The fraction of sp³-hybridized carbons (Fsp3) is 0.105. The van der Waals surface area contributed by atoms with Crippen molar-refractivity contribution in [3.63, 3.8) is 0 Å². The van der Waals surface area contributed by atoms with Gasteiger partial charge in [-0.1, -0.05) is 29.3 Å². The van der Waals surface area contributed by atoms with Crippen LogP contribution in [0.5, 0.6) is 0 Å². The summed E-state index contributed by atoms with van der Waals surface area (Å²) in [7, 11) is 0. The maximum absolute atomic E-state index is 14.3. The first-order chi connectivity index (χ1) is 13.8. The molecule has 4 N–H and O–H groups in total. The molecule has 2 aromatic carbocycles. The SMILES string of the molecule is NC(=O)CC(NC(=O)c1cn[nH]c1-c1ccc(Cl)cc1F)c1ccc(F)c(Cl)c1. The Labute approximate surface area is 174 Å². The molecule has 3 rings (SSSR count). The Hall–Kier alpha value is -2.97. The van der Waals surface area contributed by atoms with Gasteiger partial charge in [-0.15, -0.1) is 0 Å². The van der Waals surface area contributed by atoms with Crippen molar-refractivity contribution in [1.29, 1.82) is 0 Å². The van der Waals surface area contributed by atoms with Gasteiger partial charge < -0.3 is 11.1 Å². The van der Waals surface area contributed by atoms with Crippen LogP contribution in [0, 0.1) is 11.6 Å². The maximum Gasteiger partial charge on any atom is 0.255 e. The fourth-order valence-electron chi connectivity index (χ4n) is 2.77. The van der Waals surface area contributed by atoms with Crippen molar-refractivity contribution in [2.45, 2.75) is 12.5 Å². The number of amides is 2. The van der Waals surface area contributed by atoms with Gasteiger partial charge in [-0.25, -0.2) is 8.78 Å². The molecule has 0 bridgehead atoms. The van der Waals surface area contributed by atoms with E-state index in [1.165, 1.54) is 30.5 Å². The predicted octanol–water partition coefficient (Wildman–Crippen LogP) is 4.01. The second-order valence-corrected chi connectivity index (χ2v) is 7.00. The Bertz CT molecular complexity index is 1090. The van der Waals surface area contributed by atoms with Gasteiger partial charge in [0.1, 0.15) is 11.6 Å². The summed E-state index contributed by atoms with van der Waals surface area (Å²) in [6.45, 7) is 0. The number of halogens is 4. The zero-order valence-corrected chi connectivity index (χ0v) is 16.2. The lowest BCUT2D eigenvalue weighted by molar-refractivity contribution is -0.118. The third-order valence-electron chi connectivity index (χ3n) is 4.14. The highest BCUT2D eigenvalue weighted by molar-refractivity contribution is 6.31. The van der Waals surface area contributed by atoms with E-state index in [1.807, 2.05) is 0 Å². The molecule has 0 aliphatic heterocycles. The van der Waals surface area contributed by atoms with Crippen LogP contribution < -0.4 is 11.1 Å². The summed E-state index contributed by atoms with van der Waals surface area (Å²) in [6.07, 6.45) is 0.966. The van der Waals surface area contributed by atoms with Gasteiger partial charge in [0.25, 0.3) is 5.91 Å². The second-order valence-electron chi connectivity index (χ2n) is 6.15. The number of primary amides is 1. The maximum atomic E-state index is 14.3. The summed E-state index contributed by atoms with van der Waals surface area (Å²) < 4.78 is 27.7. The molecule has 0 aliphatic carbocycles. The van der Waals surface area contributed by atoms with Crippen molar-refractivity contribution in [3.8, 4) is 11.3 Å². The standard InChI is InChI=1S/C19H14Cl2F2N4O2/c20-10-2-3-11(15(23)6-10)18-12(8-25-27-18)19(29)26-16(7-17(24)28)9-1-4-14(22)13(21)5-9/h1-6,8,16H,7H2,(H2,24,28)(H,25,27)(H,26,29). The van der Waals surface area contributed by atoms with Crippen molar-refractivity contribution >= 4 is 35.0 Å². The number of aromatic amines is 1. The van der Waals surface area contributed by atoms with Crippen molar-refractivity contribution < 1.29 is 18.4 Å². The summed E-state index contributed by atoms with van der Waals surface area (Å²) in [6, 6.07) is 6.89. The molecule has 0 fully saturated rings. The molecule has 0 saturated heterocycles. The summed E-state index contributed by atoms with van der Waals surface area (Å²) in [4.78, 5) is 24.3. The van der Waals surface area contributed by atoms with Crippen molar-refractivity contribution in [2.75, 3.05) is 0 Å². The van der Waals surface area contributed by atoms with Crippen LogP contribution in [-0.4, -0.2) is 22.0 Å². The third-order valence-corrected chi connectivity index (χ3v) is 4.67. The summed E-state index contributed by atoms with van der Waals surface area (Å²) in [5.41, 5.74) is 5.91. The molecule has 0 saturated carbocycles. The Balaban J connectivity index is 1.92. The van der Waals surface area contributed by atoms with Crippen molar-refractivity contribution in [1.82, 2.24) is 15.5 Å². The lowest BCUT2D eigenvalue weighted by Crippen LogP contribution is -2.32. The molecule has 1 heterocycles. The third kappa shape index (κ3) is 4.72. The second kappa shape index (κ2) is 8.59. The number of rotatable bonds is 6. The molecule has 29 heavy (non-hydrogen) atoms. The summed E-state index contributed by atoms with van der Waals surface area (Å²) in [5, 5.41) is 9.04. The monoisotopic (exact) mass is 438 g/mol. The van der Waals surface area contributed by atoms with Gasteiger partial charge in [-0.05, 0) is 35.9 Å². The zero-order chi connectivity index (χ0) is 21.1. The zero-order valence-electron chi connectivity index (χ0n) is 14.7. The minimum Gasteiger partial charge on any atom is -0.370 e. The smallest absolute Gasteiger partial charge is 0.255 e. The van der Waals surface area contributed by atoms with Crippen LogP contribution in [0.3, 0.4) is 0 Å². The molecule has 10 heteroatoms. The lowest BCUT2D eigenvalue weighted by atomic mass is 10.0. The molecule has 1 aromatic heterocycles. The van der Waals surface area contributed by atoms with Crippen molar-refractivity contribution in [3.05, 3.63) is 75.4 Å². The van der Waals surface area contributed by atoms with Gasteiger partial charge in [0.15, 0.2) is 0 Å². The van der Waals surface area contributed by atoms with E-state index in [1.54, 1.807) is 0 Å². The quantitative estimate of drug-likeness (QED) is 0.541. The molecule has 2 amide bonds. The van der Waals surface area contributed by atoms with E-state index in [2.05, 4.69) is 15.5 Å². The van der Waals surface area contributed by atoms with E-state index in [9.17, 15) is 18.4 Å². The number of carbonyl (C=O) groups excluding carboxylic acids is 2. The predicted molar refractivity (Wildman–Crippen MR) is 104 cm³/mol. The Morgan fingerprint density at radius 3 is 2.55 bits per heavy atom. The number of nitrogens with one attached hydrogen (secondary N) is 2. The van der Waals surface area contributed by atoms with Crippen LogP contribution in [0.4, 0.5) is 8.78 Å². The number of aromatic nitrogens is 2. The first kappa shape index (κ1) is 20.8. The molecule has 0 spiro atoms. The number of hydrogen-bond donors (Lipinski definition) is 3. The molecule has 1 unspecified atom stereocenters. The minimum atomic E-state index is -0.879. The Morgan fingerprint density at radius 2 is 1.90 bits per heavy atom. The molecule has 1 atom stereocenters. The number of hydrogen-bond acceptors (Lipinski definition) is 3. The Kier molecular flexibility index (Phi) is 6.14. The highest BCUT2D eigenvalue weighted by atomic mass is 35.5. The van der Waals surface area contributed by atoms with E-state index < -0.39 is 29.5 Å². The van der Waals surface area contributed by atoms with E-state index in [4.69, 9.17) is 28.9 Å². The first-order valence-electron chi connectivity index (χ1n) is 8.29. The lowest BCUT2D eigenvalue weighted by Gasteiger charge is -2.18. The molecule has 0 aliphatic rings. The van der Waals surface area contributed by atoms with E-state index in [0.29, 0.717) is 5.56 Å². The highest BCUT2D eigenvalue weighted by Crippen LogP contribution is 2.28. The highest BCUT2D eigenvalue weighted by Gasteiger charge is 2.23. The number of nitrogens with zero attached hydrogens (tertiary/aromatic N) is 1. The molecule has 150 valence electrons. The van der Waals surface area contributed by atoms with Crippen LogP contribution in [0.15, 0.2) is 42.6 Å². The van der Waals surface area contributed by atoms with Gasteiger partial charge in [-0.3, -0.25) is 14.7 Å². The van der Waals surface area contributed by atoms with Gasteiger partial charge in [-0.2, -0.15) is 5.10 Å². The number of benzene rings is 2. The Morgan fingerprint density at radius 1 is 1.14 bits per heavy atom. The first-order valence-corrected chi connectivity index (χ1v) is 9.04. The largest absolute Gasteiger partial charge is 0.370 e. The number of H-pyrrole nitrogens is 1. The molecular weight excluding hydrogens is 425 g/mol. The summed E-state index contributed by atoms with van der Waals surface area (Å²) >= 11 is 11.6. The average molecular weight is 439 g/mol. The number of carbonyl (C=O) groups is 2. The van der Waals surface area contributed by atoms with E-state index in [-0.39, 0.29) is 33.3 Å². The van der Waals surface area contributed by atoms with E-state index >= 15 is 0 Å². The van der Waals surface area contributed by atoms with Crippen LogP contribution in [0.25, 0.3) is 11.3 Å². The van der Waals surface area contributed by atoms with Gasteiger partial charge in [0.2, 0.25) is 5.91 Å². The van der Waals surface area contributed by atoms with Crippen LogP contribution >= 0.6 is 23.2 Å². The van der Waals surface area contributed by atoms with Gasteiger partial charge in [0.05, 0.1) is 34.9 Å². The van der Waals surface area contributed by atoms with Gasteiger partial charge in [0, 0.05) is 10.6 Å². The minimum absolute atomic E-state index is 0.0360.